The van der Waals surface area contributed by atoms with Gasteiger partial charge in [-0.1, -0.05) is 12.1 Å². The van der Waals surface area contributed by atoms with E-state index in [-0.39, 0.29) is 11.7 Å². The van der Waals surface area contributed by atoms with Crippen molar-refractivity contribution in [3.63, 3.8) is 0 Å². The molecule has 1 saturated heterocycles. The molecule has 1 fully saturated rings. The van der Waals surface area contributed by atoms with Gasteiger partial charge >= 0.3 is 6.36 Å². The summed E-state index contributed by atoms with van der Waals surface area (Å²) in [4.78, 5) is 13.7. The molecule has 0 spiro atoms. The number of halogens is 3. The van der Waals surface area contributed by atoms with Gasteiger partial charge in [0.15, 0.2) is 0 Å². The van der Waals surface area contributed by atoms with Crippen molar-refractivity contribution in [3.8, 4) is 5.75 Å². The molecule has 0 atom stereocenters. The molecule has 0 unspecified atom stereocenters. The van der Waals surface area contributed by atoms with Gasteiger partial charge in [-0.05, 0) is 43.0 Å². The van der Waals surface area contributed by atoms with E-state index in [1.54, 1.807) is 11.0 Å². The molecule has 0 radical (unpaired) electrons. The molecule has 0 aromatic heterocycles. The summed E-state index contributed by atoms with van der Waals surface area (Å²) in [5, 5.41) is 0. The number of carbonyl (C=O) groups excluding carboxylic acids is 1. The molecular formula is C15H16F3NO2. The maximum Gasteiger partial charge on any atom is 0.573 e. The first-order chi connectivity index (χ1) is 9.94. The fraction of sp³-hybridized carbons (Fsp3) is 0.400. The smallest absolute Gasteiger partial charge is 0.406 e. The predicted octanol–water partition coefficient (Wildman–Crippen LogP) is 3.61. The highest BCUT2D eigenvalue weighted by Gasteiger charge is 2.30. The van der Waals surface area contributed by atoms with Crippen LogP contribution < -0.4 is 4.74 Å². The normalized spacial score (nSPS) is 16.2. The Bertz CT molecular complexity index is 503. The number of ether oxygens (including phenoxy) is 1. The van der Waals surface area contributed by atoms with Gasteiger partial charge in [-0.3, -0.25) is 4.79 Å². The first kappa shape index (κ1) is 15.4. The van der Waals surface area contributed by atoms with Crippen molar-refractivity contribution in [2.75, 3.05) is 13.1 Å². The molecule has 2 rings (SSSR count). The summed E-state index contributed by atoms with van der Waals surface area (Å²) in [5.41, 5.74) is 0.648. The van der Waals surface area contributed by atoms with E-state index in [2.05, 4.69) is 4.74 Å². The summed E-state index contributed by atoms with van der Waals surface area (Å²) in [6.07, 6.45) is 1.53. The first-order valence-electron chi connectivity index (χ1n) is 6.77. The van der Waals surface area contributed by atoms with E-state index in [9.17, 15) is 18.0 Å². The van der Waals surface area contributed by atoms with Gasteiger partial charge in [-0.2, -0.15) is 0 Å². The Hall–Kier alpha value is -1.98. The zero-order chi connectivity index (χ0) is 15.3. The highest BCUT2D eigenvalue weighted by molar-refractivity contribution is 5.91. The molecule has 0 saturated carbocycles. The molecule has 0 bridgehead atoms. The molecule has 1 heterocycles. The molecule has 0 aliphatic carbocycles. The third-order valence-corrected chi connectivity index (χ3v) is 3.20. The number of benzene rings is 1. The van der Waals surface area contributed by atoms with Crippen LogP contribution in [0, 0.1) is 0 Å². The Balaban J connectivity index is 1.93. The topological polar surface area (TPSA) is 29.5 Å². The second-order valence-electron chi connectivity index (χ2n) is 4.84. The van der Waals surface area contributed by atoms with Crippen LogP contribution in [-0.2, 0) is 4.79 Å². The molecule has 0 N–H and O–H groups in total. The number of alkyl halides is 3. The van der Waals surface area contributed by atoms with E-state index < -0.39 is 6.36 Å². The number of rotatable bonds is 3. The van der Waals surface area contributed by atoms with E-state index >= 15 is 0 Å². The average molecular weight is 299 g/mol. The molecule has 1 amide bonds. The van der Waals surface area contributed by atoms with Gasteiger partial charge in [-0.15, -0.1) is 13.2 Å². The second-order valence-corrected chi connectivity index (χ2v) is 4.84. The Morgan fingerprint density at radius 1 is 1.10 bits per heavy atom. The molecule has 6 heteroatoms. The van der Waals surface area contributed by atoms with Crippen LogP contribution in [0.3, 0.4) is 0 Å². The van der Waals surface area contributed by atoms with E-state index in [4.69, 9.17) is 0 Å². The molecule has 1 aliphatic heterocycles. The van der Waals surface area contributed by atoms with Gasteiger partial charge in [0.2, 0.25) is 5.91 Å². The minimum atomic E-state index is -4.69. The number of amides is 1. The van der Waals surface area contributed by atoms with E-state index in [0.717, 1.165) is 32.4 Å². The van der Waals surface area contributed by atoms with Gasteiger partial charge < -0.3 is 9.64 Å². The summed E-state index contributed by atoms with van der Waals surface area (Å²) >= 11 is 0. The van der Waals surface area contributed by atoms with Crippen LogP contribution in [0.5, 0.6) is 5.75 Å². The molecule has 114 valence electrons. The van der Waals surface area contributed by atoms with Crippen molar-refractivity contribution < 1.29 is 22.7 Å². The first-order valence-corrected chi connectivity index (χ1v) is 6.77. The minimum Gasteiger partial charge on any atom is -0.406 e. The van der Waals surface area contributed by atoms with Crippen molar-refractivity contribution in [2.24, 2.45) is 0 Å². The number of hydrogen-bond acceptors (Lipinski definition) is 2. The van der Waals surface area contributed by atoms with Crippen LogP contribution in [-0.4, -0.2) is 30.3 Å². The monoisotopic (exact) mass is 299 g/mol. The lowest BCUT2D eigenvalue weighted by atomic mass is 10.1. The Kier molecular flexibility index (Phi) is 4.88. The Morgan fingerprint density at radius 2 is 1.71 bits per heavy atom. The summed E-state index contributed by atoms with van der Waals surface area (Å²) < 4.78 is 39.8. The van der Waals surface area contributed by atoms with Crippen molar-refractivity contribution in [3.05, 3.63) is 35.9 Å². The van der Waals surface area contributed by atoms with Crippen LogP contribution in [0.1, 0.15) is 24.8 Å². The molecule has 1 aromatic rings. The van der Waals surface area contributed by atoms with E-state index in [0.29, 0.717) is 5.56 Å². The van der Waals surface area contributed by atoms with Gasteiger partial charge in [0, 0.05) is 19.2 Å². The van der Waals surface area contributed by atoms with Crippen LogP contribution in [0.15, 0.2) is 30.3 Å². The molecular weight excluding hydrogens is 283 g/mol. The van der Waals surface area contributed by atoms with E-state index in [1.807, 2.05) is 0 Å². The predicted molar refractivity (Wildman–Crippen MR) is 72.6 cm³/mol. The number of piperidine rings is 1. The summed E-state index contributed by atoms with van der Waals surface area (Å²) in [6.45, 7) is 1.53. The highest BCUT2D eigenvalue weighted by Crippen LogP contribution is 2.23. The lowest BCUT2D eigenvalue weighted by Crippen LogP contribution is -2.34. The van der Waals surface area contributed by atoms with Crippen LogP contribution >= 0.6 is 0 Å². The van der Waals surface area contributed by atoms with Crippen molar-refractivity contribution >= 4 is 12.0 Å². The summed E-state index contributed by atoms with van der Waals surface area (Å²) in [7, 11) is 0. The fourth-order valence-corrected chi connectivity index (χ4v) is 2.17. The van der Waals surface area contributed by atoms with Gasteiger partial charge in [-0.25, -0.2) is 0 Å². The maximum atomic E-state index is 12.0. The third kappa shape index (κ3) is 5.13. The Labute approximate surface area is 121 Å². The van der Waals surface area contributed by atoms with Crippen molar-refractivity contribution in [1.82, 2.24) is 4.90 Å². The quantitative estimate of drug-likeness (QED) is 0.798. The lowest BCUT2D eigenvalue weighted by Gasteiger charge is -2.25. The van der Waals surface area contributed by atoms with Crippen LogP contribution in [0.25, 0.3) is 6.08 Å². The van der Waals surface area contributed by atoms with Gasteiger partial charge in [0.1, 0.15) is 5.75 Å². The van der Waals surface area contributed by atoms with E-state index in [1.165, 1.54) is 30.3 Å². The zero-order valence-electron chi connectivity index (χ0n) is 11.4. The fourth-order valence-electron chi connectivity index (χ4n) is 2.17. The molecule has 1 aliphatic rings. The molecule has 1 aromatic carbocycles. The van der Waals surface area contributed by atoms with Gasteiger partial charge in [0.25, 0.3) is 0 Å². The second kappa shape index (κ2) is 6.65. The van der Waals surface area contributed by atoms with Crippen molar-refractivity contribution in [1.29, 1.82) is 0 Å². The maximum absolute atomic E-state index is 12.0. The summed E-state index contributed by atoms with van der Waals surface area (Å²) in [6, 6.07) is 5.39. The summed E-state index contributed by atoms with van der Waals surface area (Å²) in [5.74, 6) is -0.340. The number of nitrogens with zero attached hydrogens (tertiary/aromatic N) is 1. The minimum absolute atomic E-state index is 0.0645. The average Bonchev–Trinajstić information content (AvgIpc) is 2.45. The standard InChI is InChI=1S/C15H16F3NO2/c16-15(17,18)21-13-7-4-12(5-8-13)6-9-14(20)19-10-2-1-3-11-19/h4-9H,1-3,10-11H2/b9-6+. The number of carbonyl (C=O) groups is 1. The highest BCUT2D eigenvalue weighted by atomic mass is 19.4. The number of hydrogen-bond donors (Lipinski definition) is 0. The van der Waals surface area contributed by atoms with Gasteiger partial charge in [0.05, 0.1) is 0 Å². The number of likely N-dealkylation sites (tertiary alicyclic amines) is 1. The largest absolute Gasteiger partial charge is 0.573 e. The van der Waals surface area contributed by atoms with Crippen LogP contribution in [0.4, 0.5) is 13.2 Å². The Morgan fingerprint density at radius 3 is 2.29 bits per heavy atom. The zero-order valence-corrected chi connectivity index (χ0v) is 11.4. The molecule has 3 nitrogen and oxygen atoms in total. The SMILES string of the molecule is O=C(/C=C/c1ccc(OC(F)(F)F)cc1)N1CCCCC1. The van der Waals surface area contributed by atoms with Crippen molar-refractivity contribution in [2.45, 2.75) is 25.6 Å². The third-order valence-electron chi connectivity index (χ3n) is 3.20. The lowest BCUT2D eigenvalue weighted by molar-refractivity contribution is -0.274. The van der Waals surface area contributed by atoms with Crippen LogP contribution in [0.2, 0.25) is 0 Å². The molecule has 21 heavy (non-hydrogen) atoms.